The molecule has 1 aromatic carbocycles. The summed E-state index contributed by atoms with van der Waals surface area (Å²) in [6, 6.07) is 5.54. The van der Waals surface area contributed by atoms with E-state index in [0.29, 0.717) is 17.9 Å². The summed E-state index contributed by atoms with van der Waals surface area (Å²) < 4.78 is 10.5. The number of para-hydroxylation sites is 1. The van der Waals surface area contributed by atoms with Crippen molar-refractivity contribution in [3.05, 3.63) is 23.8 Å². The van der Waals surface area contributed by atoms with Gasteiger partial charge in [-0.05, 0) is 18.1 Å². The van der Waals surface area contributed by atoms with Crippen LogP contribution < -0.4 is 14.8 Å². The summed E-state index contributed by atoms with van der Waals surface area (Å²) in [6.07, 6.45) is 0.798. The standard InChI is InChI=1S/C15H22N2O4/c1-17(2)14(19)10-16-13(18)9-8-11-6-5-7-12(20-3)15(11)21-4/h5-7H,8-10H2,1-4H3,(H,16,18). The summed E-state index contributed by atoms with van der Waals surface area (Å²) in [7, 11) is 6.43. The monoisotopic (exact) mass is 294 g/mol. The summed E-state index contributed by atoms with van der Waals surface area (Å²) in [4.78, 5) is 24.6. The maximum Gasteiger partial charge on any atom is 0.241 e. The molecule has 0 radical (unpaired) electrons. The van der Waals surface area contributed by atoms with E-state index >= 15 is 0 Å². The van der Waals surface area contributed by atoms with Gasteiger partial charge in [0.1, 0.15) is 0 Å². The van der Waals surface area contributed by atoms with Gasteiger partial charge < -0.3 is 19.7 Å². The SMILES string of the molecule is COc1cccc(CCC(=O)NCC(=O)N(C)C)c1OC. The van der Waals surface area contributed by atoms with Gasteiger partial charge in [0, 0.05) is 20.5 Å². The first-order chi connectivity index (χ1) is 9.99. The molecule has 0 unspecified atom stereocenters. The van der Waals surface area contributed by atoms with Gasteiger partial charge in [0.2, 0.25) is 11.8 Å². The van der Waals surface area contributed by atoms with Crippen LogP contribution in [-0.4, -0.2) is 51.6 Å². The highest BCUT2D eigenvalue weighted by atomic mass is 16.5. The Hall–Kier alpha value is -2.24. The average Bonchev–Trinajstić information content (AvgIpc) is 2.49. The maximum atomic E-state index is 11.7. The Kier molecular flexibility index (Phi) is 6.52. The predicted octanol–water partition coefficient (Wildman–Crippen LogP) is 0.841. The quantitative estimate of drug-likeness (QED) is 0.809. The molecule has 21 heavy (non-hydrogen) atoms. The van der Waals surface area contributed by atoms with E-state index in [2.05, 4.69) is 5.32 Å². The lowest BCUT2D eigenvalue weighted by Crippen LogP contribution is -2.36. The smallest absolute Gasteiger partial charge is 0.241 e. The molecule has 6 heteroatoms. The van der Waals surface area contributed by atoms with Gasteiger partial charge in [-0.15, -0.1) is 0 Å². The Morgan fingerprint density at radius 1 is 1.19 bits per heavy atom. The number of likely N-dealkylation sites (N-methyl/N-ethyl adjacent to an activating group) is 1. The van der Waals surface area contributed by atoms with Gasteiger partial charge >= 0.3 is 0 Å². The summed E-state index contributed by atoms with van der Waals surface area (Å²) in [5.74, 6) is 0.966. The van der Waals surface area contributed by atoms with Crippen LogP contribution in [0.5, 0.6) is 11.5 Å². The number of hydrogen-bond acceptors (Lipinski definition) is 4. The number of hydrogen-bond donors (Lipinski definition) is 1. The van der Waals surface area contributed by atoms with Crippen LogP contribution in [-0.2, 0) is 16.0 Å². The number of amides is 2. The second kappa shape index (κ2) is 8.14. The summed E-state index contributed by atoms with van der Waals surface area (Å²) in [5, 5.41) is 2.60. The summed E-state index contributed by atoms with van der Waals surface area (Å²) in [6.45, 7) is 0.0150. The molecule has 2 amide bonds. The molecule has 0 fully saturated rings. The first-order valence-electron chi connectivity index (χ1n) is 6.66. The van der Waals surface area contributed by atoms with E-state index in [1.807, 2.05) is 12.1 Å². The molecule has 0 atom stereocenters. The fourth-order valence-corrected chi connectivity index (χ4v) is 1.82. The third-order valence-electron chi connectivity index (χ3n) is 3.04. The van der Waals surface area contributed by atoms with Crippen molar-refractivity contribution in [1.82, 2.24) is 10.2 Å². The molecule has 116 valence electrons. The van der Waals surface area contributed by atoms with Crippen LogP contribution in [0.25, 0.3) is 0 Å². The molecule has 0 heterocycles. The molecule has 0 aromatic heterocycles. The van der Waals surface area contributed by atoms with Gasteiger partial charge in [0.05, 0.1) is 20.8 Å². The van der Waals surface area contributed by atoms with Crippen LogP contribution in [0.3, 0.4) is 0 Å². The molecule has 1 N–H and O–H groups in total. The topological polar surface area (TPSA) is 67.9 Å². The minimum Gasteiger partial charge on any atom is -0.493 e. The average molecular weight is 294 g/mol. The summed E-state index contributed by atoms with van der Waals surface area (Å²) in [5.41, 5.74) is 0.894. The minimum atomic E-state index is -0.171. The number of carbonyl (C=O) groups excluding carboxylic acids is 2. The normalized spacial score (nSPS) is 9.90. The van der Waals surface area contributed by atoms with Crippen LogP contribution in [0, 0.1) is 0 Å². The zero-order chi connectivity index (χ0) is 15.8. The predicted molar refractivity (Wildman–Crippen MR) is 79.6 cm³/mol. The number of carbonyl (C=O) groups is 2. The number of nitrogens with one attached hydrogen (secondary N) is 1. The van der Waals surface area contributed by atoms with E-state index in [0.717, 1.165) is 5.56 Å². The number of nitrogens with zero attached hydrogens (tertiary/aromatic N) is 1. The molecule has 0 saturated heterocycles. The van der Waals surface area contributed by atoms with Crippen LogP contribution in [0.4, 0.5) is 0 Å². The maximum absolute atomic E-state index is 11.7. The van der Waals surface area contributed by atoms with Crippen LogP contribution in [0.1, 0.15) is 12.0 Å². The lowest BCUT2D eigenvalue weighted by atomic mass is 10.1. The van der Waals surface area contributed by atoms with Crippen LogP contribution in [0.2, 0.25) is 0 Å². The highest BCUT2D eigenvalue weighted by molar-refractivity contribution is 5.84. The second-order valence-corrected chi connectivity index (χ2v) is 4.72. The molecule has 0 saturated carbocycles. The largest absolute Gasteiger partial charge is 0.493 e. The summed E-state index contributed by atoms with van der Waals surface area (Å²) >= 11 is 0. The highest BCUT2D eigenvalue weighted by Gasteiger charge is 2.12. The van der Waals surface area contributed by atoms with Crippen molar-refractivity contribution in [2.24, 2.45) is 0 Å². The van der Waals surface area contributed by atoms with Crippen molar-refractivity contribution < 1.29 is 19.1 Å². The zero-order valence-corrected chi connectivity index (χ0v) is 12.9. The van der Waals surface area contributed by atoms with E-state index in [1.54, 1.807) is 34.4 Å². The Bertz CT molecular complexity index is 500. The molecular formula is C15H22N2O4. The lowest BCUT2D eigenvalue weighted by molar-refractivity contribution is -0.130. The zero-order valence-electron chi connectivity index (χ0n) is 12.9. The Balaban J connectivity index is 2.55. The van der Waals surface area contributed by atoms with Crippen molar-refractivity contribution in [2.45, 2.75) is 12.8 Å². The molecule has 1 aromatic rings. The third kappa shape index (κ3) is 4.98. The fourth-order valence-electron chi connectivity index (χ4n) is 1.82. The molecule has 0 spiro atoms. The van der Waals surface area contributed by atoms with Gasteiger partial charge in [-0.1, -0.05) is 12.1 Å². The first-order valence-corrected chi connectivity index (χ1v) is 6.66. The molecule has 0 aliphatic rings. The Morgan fingerprint density at radius 2 is 1.90 bits per heavy atom. The molecule has 0 aliphatic carbocycles. The van der Waals surface area contributed by atoms with Crippen molar-refractivity contribution in [1.29, 1.82) is 0 Å². The van der Waals surface area contributed by atoms with E-state index in [4.69, 9.17) is 9.47 Å². The van der Waals surface area contributed by atoms with Gasteiger partial charge in [-0.25, -0.2) is 0 Å². The molecular weight excluding hydrogens is 272 g/mol. The number of rotatable bonds is 7. The van der Waals surface area contributed by atoms with Gasteiger partial charge in [0.25, 0.3) is 0 Å². The third-order valence-corrected chi connectivity index (χ3v) is 3.04. The fraction of sp³-hybridized carbons (Fsp3) is 0.467. The van der Waals surface area contributed by atoms with Crippen molar-refractivity contribution in [3.8, 4) is 11.5 Å². The van der Waals surface area contributed by atoms with Crippen LogP contribution >= 0.6 is 0 Å². The lowest BCUT2D eigenvalue weighted by Gasteiger charge is -2.13. The highest BCUT2D eigenvalue weighted by Crippen LogP contribution is 2.31. The minimum absolute atomic E-state index is 0.0150. The van der Waals surface area contributed by atoms with Crippen molar-refractivity contribution in [3.63, 3.8) is 0 Å². The van der Waals surface area contributed by atoms with E-state index < -0.39 is 0 Å². The first kappa shape index (κ1) is 16.8. The van der Waals surface area contributed by atoms with Crippen LogP contribution in [0.15, 0.2) is 18.2 Å². The van der Waals surface area contributed by atoms with E-state index in [9.17, 15) is 9.59 Å². The number of methoxy groups -OCH3 is 2. The second-order valence-electron chi connectivity index (χ2n) is 4.72. The number of aryl methyl sites for hydroxylation is 1. The van der Waals surface area contributed by atoms with Gasteiger partial charge in [0.15, 0.2) is 11.5 Å². The molecule has 6 nitrogen and oxygen atoms in total. The van der Waals surface area contributed by atoms with E-state index in [-0.39, 0.29) is 24.8 Å². The van der Waals surface area contributed by atoms with Crippen molar-refractivity contribution >= 4 is 11.8 Å². The number of benzene rings is 1. The van der Waals surface area contributed by atoms with Crippen molar-refractivity contribution in [2.75, 3.05) is 34.9 Å². The Labute approximate surface area is 125 Å². The number of ether oxygens (including phenoxy) is 2. The van der Waals surface area contributed by atoms with Gasteiger partial charge in [-0.2, -0.15) is 0 Å². The molecule has 1 rings (SSSR count). The van der Waals surface area contributed by atoms with E-state index in [1.165, 1.54) is 4.90 Å². The van der Waals surface area contributed by atoms with Gasteiger partial charge in [-0.3, -0.25) is 9.59 Å². The Morgan fingerprint density at radius 3 is 2.48 bits per heavy atom. The molecule has 0 bridgehead atoms. The molecule has 0 aliphatic heterocycles.